The highest BCUT2D eigenvalue weighted by molar-refractivity contribution is 5.69. The summed E-state index contributed by atoms with van der Waals surface area (Å²) in [5.41, 5.74) is 0. The molecule has 3 N–H and O–H groups in total. The molecule has 0 aromatic heterocycles. The minimum absolute atomic E-state index is 0.120. The van der Waals surface area contributed by atoms with Crippen molar-refractivity contribution in [2.75, 3.05) is 19.8 Å². The highest BCUT2D eigenvalue weighted by atomic mass is 16.5. The van der Waals surface area contributed by atoms with Gasteiger partial charge in [-0.3, -0.25) is 4.79 Å². The number of aliphatic hydroxyl groups excluding tert-OH is 3. The Morgan fingerprint density at radius 1 is 0.769 bits per heavy atom. The fraction of sp³-hybridized carbons (Fsp3) is 0.857. The Bertz CT molecular complexity index is 330. The van der Waals surface area contributed by atoms with Crippen LogP contribution in [-0.4, -0.2) is 47.2 Å². The molecule has 0 heterocycles. The van der Waals surface area contributed by atoms with Crippen molar-refractivity contribution in [3.63, 3.8) is 0 Å². The van der Waals surface area contributed by atoms with Crippen LogP contribution in [0.4, 0.5) is 0 Å². The fourth-order valence-electron chi connectivity index (χ4n) is 2.69. The van der Waals surface area contributed by atoms with Crippen LogP contribution in [0.15, 0.2) is 12.2 Å². The first kappa shape index (κ1) is 25.1. The van der Waals surface area contributed by atoms with Gasteiger partial charge in [-0.2, -0.15) is 0 Å². The van der Waals surface area contributed by atoms with Crippen molar-refractivity contribution < 1.29 is 24.9 Å². The van der Waals surface area contributed by atoms with E-state index in [1.165, 1.54) is 44.9 Å². The van der Waals surface area contributed by atoms with Gasteiger partial charge in [-0.05, 0) is 38.5 Å². The average Bonchev–Trinajstić information content (AvgIpc) is 2.65. The Hall–Kier alpha value is -0.910. The van der Waals surface area contributed by atoms with Gasteiger partial charge in [0.2, 0.25) is 0 Å². The lowest BCUT2D eigenvalue weighted by Crippen LogP contribution is -2.21. The second-order valence-corrected chi connectivity index (χ2v) is 6.93. The van der Waals surface area contributed by atoms with Gasteiger partial charge >= 0.3 is 5.97 Å². The van der Waals surface area contributed by atoms with Crippen molar-refractivity contribution in [1.82, 2.24) is 0 Å². The van der Waals surface area contributed by atoms with Crippen molar-refractivity contribution in [2.24, 2.45) is 0 Å². The molecule has 0 spiro atoms. The number of hydrogen-bond acceptors (Lipinski definition) is 5. The van der Waals surface area contributed by atoms with Crippen molar-refractivity contribution in [1.29, 1.82) is 0 Å². The molecule has 0 fully saturated rings. The molecule has 0 aromatic carbocycles. The van der Waals surface area contributed by atoms with Crippen LogP contribution in [0.25, 0.3) is 0 Å². The first-order chi connectivity index (χ1) is 12.7. The summed E-state index contributed by atoms with van der Waals surface area (Å²) in [5, 5.41) is 26.4. The number of aliphatic hydroxyl groups is 3. The van der Waals surface area contributed by atoms with Crippen molar-refractivity contribution >= 4 is 5.97 Å². The van der Waals surface area contributed by atoms with Crippen LogP contribution in [0, 0.1) is 0 Å². The molecule has 5 heteroatoms. The molecule has 5 nitrogen and oxygen atoms in total. The number of allylic oxidation sites excluding steroid dienone is 2. The van der Waals surface area contributed by atoms with Crippen LogP contribution < -0.4 is 0 Å². The molecule has 0 saturated carbocycles. The number of hydrogen-bond donors (Lipinski definition) is 3. The predicted octanol–water partition coefficient (Wildman–Crippen LogP) is 3.89. The van der Waals surface area contributed by atoms with Gasteiger partial charge in [0.25, 0.3) is 0 Å². The predicted molar refractivity (Wildman–Crippen MR) is 105 cm³/mol. The van der Waals surface area contributed by atoms with Gasteiger partial charge in [-0.15, -0.1) is 0 Å². The fourth-order valence-corrected chi connectivity index (χ4v) is 2.69. The van der Waals surface area contributed by atoms with E-state index in [1.807, 2.05) is 0 Å². The Kier molecular flexibility index (Phi) is 19.7. The highest BCUT2D eigenvalue weighted by Gasteiger charge is 2.07. The van der Waals surface area contributed by atoms with E-state index < -0.39 is 6.10 Å². The van der Waals surface area contributed by atoms with E-state index >= 15 is 0 Å². The molecule has 154 valence electrons. The van der Waals surface area contributed by atoms with E-state index in [0.717, 1.165) is 38.5 Å². The number of carbonyl (C=O) groups is 1. The molecule has 0 radical (unpaired) electrons. The molecule has 0 aromatic rings. The monoisotopic (exact) mass is 372 g/mol. The molecule has 0 amide bonds. The van der Waals surface area contributed by atoms with E-state index in [9.17, 15) is 4.79 Å². The average molecular weight is 373 g/mol. The Morgan fingerprint density at radius 2 is 1.27 bits per heavy atom. The standard InChI is InChI=1S/C21H40O5/c22-17-15-13-11-9-7-5-3-1-2-4-6-8-10-12-14-16-21(25)26-19-20(24)18-23/h1-2,20,22-24H,3-19H2/b2-1-. The summed E-state index contributed by atoms with van der Waals surface area (Å²) in [6, 6.07) is 0. The smallest absolute Gasteiger partial charge is 0.305 e. The third kappa shape index (κ3) is 19.4. The van der Waals surface area contributed by atoms with Crippen LogP contribution in [0.3, 0.4) is 0 Å². The van der Waals surface area contributed by atoms with Crippen LogP contribution in [-0.2, 0) is 9.53 Å². The number of ether oxygens (including phenoxy) is 1. The van der Waals surface area contributed by atoms with Gasteiger partial charge in [0, 0.05) is 13.0 Å². The lowest BCUT2D eigenvalue weighted by molar-refractivity contribution is -0.147. The van der Waals surface area contributed by atoms with E-state index in [4.69, 9.17) is 20.1 Å². The number of carbonyl (C=O) groups excluding carboxylic acids is 1. The van der Waals surface area contributed by atoms with Crippen LogP contribution in [0.5, 0.6) is 0 Å². The van der Waals surface area contributed by atoms with Gasteiger partial charge in [0.1, 0.15) is 12.7 Å². The van der Waals surface area contributed by atoms with Crippen LogP contribution in [0.2, 0.25) is 0 Å². The van der Waals surface area contributed by atoms with Crippen molar-refractivity contribution in [2.45, 2.75) is 96.0 Å². The number of unbranched alkanes of at least 4 members (excludes halogenated alkanes) is 11. The molecular formula is C21H40O5. The van der Waals surface area contributed by atoms with E-state index in [2.05, 4.69) is 12.2 Å². The lowest BCUT2D eigenvalue weighted by Gasteiger charge is -2.08. The maximum absolute atomic E-state index is 11.4. The van der Waals surface area contributed by atoms with E-state index in [0.29, 0.717) is 13.0 Å². The Labute approximate surface area is 159 Å². The van der Waals surface area contributed by atoms with Gasteiger partial charge in [-0.1, -0.05) is 57.1 Å². The molecule has 0 saturated heterocycles. The summed E-state index contributed by atoms with van der Waals surface area (Å²) in [5.74, 6) is -0.297. The highest BCUT2D eigenvalue weighted by Crippen LogP contribution is 2.10. The van der Waals surface area contributed by atoms with Gasteiger partial charge in [0.05, 0.1) is 6.61 Å². The second-order valence-electron chi connectivity index (χ2n) is 6.93. The summed E-state index contributed by atoms with van der Waals surface area (Å²) < 4.78 is 4.85. The maximum Gasteiger partial charge on any atom is 0.305 e. The molecular weight excluding hydrogens is 332 g/mol. The lowest BCUT2D eigenvalue weighted by atomic mass is 10.1. The minimum Gasteiger partial charge on any atom is -0.463 e. The molecule has 26 heavy (non-hydrogen) atoms. The minimum atomic E-state index is -0.969. The Balaban J connectivity index is 3.22. The van der Waals surface area contributed by atoms with Gasteiger partial charge in [0.15, 0.2) is 0 Å². The quantitative estimate of drug-likeness (QED) is 0.182. The first-order valence-electron chi connectivity index (χ1n) is 10.4. The molecule has 1 unspecified atom stereocenters. The number of esters is 1. The zero-order valence-corrected chi connectivity index (χ0v) is 16.4. The third-order valence-electron chi connectivity index (χ3n) is 4.34. The van der Waals surface area contributed by atoms with Crippen molar-refractivity contribution in [3.8, 4) is 0 Å². The largest absolute Gasteiger partial charge is 0.463 e. The SMILES string of the molecule is O=C(CCCCCCC/C=C\CCCCCCCCO)OCC(O)CO. The molecule has 0 aliphatic rings. The van der Waals surface area contributed by atoms with Crippen LogP contribution >= 0.6 is 0 Å². The van der Waals surface area contributed by atoms with Crippen molar-refractivity contribution in [3.05, 3.63) is 12.2 Å². The third-order valence-corrected chi connectivity index (χ3v) is 4.34. The summed E-state index contributed by atoms with van der Waals surface area (Å²) in [7, 11) is 0. The van der Waals surface area contributed by atoms with E-state index in [1.54, 1.807) is 0 Å². The van der Waals surface area contributed by atoms with Gasteiger partial charge in [-0.25, -0.2) is 0 Å². The summed E-state index contributed by atoms with van der Waals surface area (Å²) in [6.45, 7) is -0.176. The zero-order chi connectivity index (χ0) is 19.3. The summed E-state index contributed by atoms with van der Waals surface area (Å²) in [4.78, 5) is 11.4. The zero-order valence-electron chi connectivity index (χ0n) is 16.4. The summed E-state index contributed by atoms with van der Waals surface area (Å²) in [6.07, 6.45) is 18.9. The van der Waals surface area contributed by atoms with Gasteiger partial charge < -0.3 is 20.1 Å². The molecule has 1 atom stereocenters. The van der Waals surface area contributed by atoms with E-state index in [-0.39, 0.29) is 19.2 Å². The maximum atomic E-state index is 11.4. The first-order valence-corrected chi connectivity index (χ1v) is 10.4. The second kappa shape index (κ2) is 20.4. The molecule has 0 bridgehead atoms. The molecule has 0 rings (SSSR count). The Morgan fingerprint density at radius 3 is 1.81 bits per heavy atom. The summed E-state index contributed by atoms with van der Waals surface area (Å²) >= 11 is 0. The number of rotatable bonds is 19. The molecule has 0 aliphatic heterocycles. The topological polar surface area (TPSA) is 87.0 Å². The van der Waals surface area contributed by atoms with Crippen LogP contribution in [0.1, 0.15) is 89.9 Å². The molecule has 0 aliphatic carbocycles. The normalized spacial score (nSPS) is 12.6.